The molecule has 1 aromatic carbocycles. The summed E-state index contributed by atoms with van der Waals surface area (Å²) in [6, 6.07) is 2.20. The van der Waals surface area contributed by atoms with E-state index in [9.17, 15) is 15.0 Å². The number of aromatic hydroxyl groups is 3. The topological polar surface area (TPSA) is 89.8 Å². The maximum atomic E-state index is 11.2. The maximum absolute atomic E-state index is 11.2. The highest BCUT2D eigenvalue weighted by atomic mass is 16.3. The number of phenols is 3. The maximum Gasteiger partial charge on any atom is 0.246 e. The summed E-state index contributed by atoms with van der Waals surface area (Å²) in [5.74, 6) is -1.30. The van der Waals surface area contributed by atoms with Gasteiger partial charge >= 0.3 is 0 Å². The molecule has 0 unspecified atom stereocenters. The fourth-order valence-electron chi connectivity index (χ4n) is 1.08. The summed E-state index contributed by atoms with van der Waals surface area (Å²) in [7, 11) is 0. The third-order valence-electron chi connectivity index (χ3n) is 2.00. The number of amides is 1. The second-order valence-corrected chi connectivity index (χ2v) is 3.43. The van der Waals surface area contributed by atoms with Gasteiger partial charge in [0.15, 0.2) is 11.5 Å². The molecule has 0 saturated carbocycles. The summed E-state index contributed by atoms with van der Waals surface area (Å²) in [6.45, 7) is 5.06. The van der Waals surface area contributed by atoms with Crippen molar-refractivity contribution in [1.29, 1.82) is 0 Å². The average molecular weight is 223 g/mol. The van der Waals surface area contributed by atoms with Gasteiger partial charge in [-0.25, -0.2) is 0 Å². The Morgan fingerprint density at radius 3 is 2.38 bits per heavy atom. The van der Waals surface area contributed by atoms with Crippen molar-refractivity contribution in [1.82, 2.24) is 5.32 Å². The number of phenolic OH excluding ortho intramolecular Hbond substituents is 3. The van der Waals surface area contributed by atoms with E-state index in [1.807, 2.05) is 0 Å². The first kappa shape index (κ1) is 11.9. The highest BCUT2D eigenvalue weighted by Crippen LogP contribution is 2.31. The van der Waals surface area contributed by atoms with Gasteiger partial charge < -0.3 is 20.6 Å². The Morgan fingerprint density at radius 1 is 1.25 bits per heavy atom. The van der Waals surface area contributed by atoms with Crippen molar-refractivity contribution >= 4 is 5.91 Å². The molecule has 0 aliphatic heterocycles. The van der Waals surface area contributed by atoms with E-state index in [1.165, 1.54) is 6.07 Å². The number of nitrogens with one attached hydrogen (secondary N) is 1. The van der Waals surface area contributed by atoms with Crippen molar-refractivity contribution in [3.05, 3.63) is 29.8 Å². The molecule has 16 heavy (non-hydrogen) atoms. The van der Waals surface area contributed by atoms with Crippen molar-refractivity contribution in [3.8, 4) is 17.2 Å². The number of carbonyl (C=O) groups is 1. The summed E-state index contributed by atoms with van der Waals surface area (Å²) in [6.07, 6.45) is 0. The largest absolute Gasteiger partial charge is 0.507 e. The number of benzene rings is 1. The second-order valence-electron chi connectivity index (χ2n) is 3.43. The first-order chi connectivity index (χ1) is 7.41. The van der Waals surface area contributed by atoms with Crippen molar-refractivity contribution in [3.63, 3.8) is 0 Å². The van der Waals surface area contributed by atoms with Gasteiger partial charge in [0, 0.05) is 23.7 Å². The van der Waals surface area contributed by atoms with Crippen LogP contribution in [0, 0.1) is 0 Å². The molecule has 1 amide bonds. The molecule has 0 fully saturated rings. The average Bonchev–Trinajstić information content (AvgIpc) is 2.20. The number of hydrogen-bond acceptors (Lipinski definition) is 4. The van der Waals surface area contributed by atoms with Gasteiger partial charge in [0.1, 0.15) is 5.75 Å². The van der Waals surface area contributed by atoms with E-state index in [2.05, 4.69) is 11.9 Å². The molecule has 1 rings (SSSR count). The molecule has 0 saturated heterocycles. The van der Waals surface area contributed by atoms with Crippen LogP contribution < -0.4 is 5.32 Å². The third-order valence-corrected chi connectivity index (χ3v) is 2.00. The van der Waals surface area contributed by atoms with Crippen LogP contribution in [0.1, 0.15) is 12.5 Å². The van der Waals surface area contributed by atoms with Crippen molar-refractivity contribution in [2.75, 3.05) is 0 Å². The Labute approximate surface area is 92.7 Å². The minimum Gasteiger partial charge on any atom is -0.507 e. The van der Waals surface area contributed by atoms with Crippen LogP contribution in [-0.4, -0.2) is 21.2 Å². The lowest BCUT2D eigenvalue weighted by atomic mass is 10.1. The minimum absolute atomic E-state index is 0.0470. The van der Waals surface area contributed by atoms with E-state index in [4.69, 9.17) is 5.11 Å². The van der Waals surface area contributed by atoms with Gasteiger partial charge in [-0.2, -0.15) is 0 Å². The van der Waals surface area contributed by atoms with E-state index in [1.54, 1.807) is 6.92 Å². The van der Waals surface area contributed by atoms with E-state index in [0.29, 0.717) is 11.1 Å². The SMILES string of the molecule is C=C(C)C(=O)NCc1cc(O)c(O)cc1O. The molecule has 0 aliphatic carbocycles. The minimum atomic E-state index is -0.410. The Kier molecular flexibility index (Phi) is 3.40. The second kappa shape index (κ2) is 4.57. The van der Waals surface area contributed by atoms with Crippen LogP contribution in [0.2, 0.25) is 0 Å². The van der Waals surface area contributed by atoms with Crippen molar-refractivity contribution in [2.24, 2.45) is 0 Å². The summed E-state index contributed by atoms with van der Waals surface area (Å²) in [4.78, 5) is 11.2. The van der Waals surface area contributed by atoms with Crippen LogP contribution in [0.4, 0.5) is 0 Å². The number of carbonyl (C=O) groups excluding carboxylic acids is 1. The van der Waals surface area contributed by atoms with E-state index >= 15 is 0 Å². The van der Waals surface area contributed by atoms with Crippen LogP contribution in [-0.2, 0) is 11.3 Å². The molecule has 0 atom stereocenters. The van der Waals surface area contributed by atoms with Crippen LogP contribution in [0.3, 0.4) is 0 Å². The molecule has 5 nitrogen and oxygen atoms in total. The summed E-state index contributed by atoms with van der Waals surface area (Å²) in [5, 5.41) is 30.2. The highest BCUT2D eigenvalue weighted by Gasteiger charge is 2.09. The molecular formula is C11H13NO4. The van der Waals surface area contributed by atoms with Gasteiger partial charge in [0.2, 0.25) is 5.91 Å². The van der Waals surface area contributed by atoms with Crippen LogP contribution in [0.25, 0.3) is 0 Å². The predicted octanol–water partition coefficient (Wildman–Crippen LogP) is 0.996. The van der Waals surface area contributed by atoms with Gasteiger partial charge in [-0.1, -0.05) is 6.58 Å². The molecule has 0 aliphatic rings. The zero-order chi connectivity index (χ0) is 12.3. The molecule has 0 radical (unpaired) electrons. The lowest BCUT2D eigenvalue weighted by Crippen LogP contribution is -2.22. The summed E-state index contributed by atoms with van der Waals surface area (Å²) >= 11 is 0. The van der Waals surface area contributed by atoms with Gasteiger partial charge in [-0.3, -0.25) is 4.79 Å². The molecule has 1 aromatic rings. The molecule has 4 N–H and O–H groups in total. The van der Waals surface area contributed by atoms with Crippen LogP contribution >= 0.6 is 0 Å². The molecule has 86 valence electrons. The normalized spacial score (nSPS) is 9.81. The van der Waals surface area contributed by atoms with E-state index < -0.39 is 5.75 Å². The summed E-state index contributed by atoms with van der Waals surface area (Å²) in [5.41, 5.74) is 0.660. The molecule has 0 heterocycles. The zero-order valence-corrected chi connectivity index (χ0v) is 8.82. The van der Waals surface area contributed by atoms with Crippen LogP contribution in [0.15, 0.2) is 24.3 Å². The van der Waals surface area contributed by atoms with Crippen LogP contribution in [0.5, 0.6) is 17.2 Å². The monoisotopic (exact) mass is 223 g/mol. The number of rotatable bonds is 3. The Balaban J connectivity index is 2.78. The molecule has 0 bridgehead atoms. The summed E-state index contributed by atoms with van der Waals surface area (Å²) < 4.78 is 0. The third kappa shape index (κ3) is 2.66. The molecule has 0 spiro atoms. The lowest BCUT2D eigenvalue weighted by molar-refractivity contribution is -0.117. The zero-order valence-electron chi connectivity index (χ0n) is 8.82. The molecule has 0 aromatic heterocycles. The fraction of sp³-hybridized carbons (Fsp3) is 0.182. The lowest BCUT2D eigenvalue weighted by Gasteiger charge is -2.08. The first-order valence-electron chi connectivity index (χ1n) is 4.59. The standard InChI is InChI=1S/C11H13NO4/c1-6(2)11(16)12-5-7-3-9(14)10(15)4-8(7)13/h3-4,13-15H,1,5H2,2H3,(H,12,16). The molecule has 5 heteroatoms. The smallest absolute Gasteiger partial charge is 0.246 e. The van der Waals surface area contributed by atoms with Gasteiger partial charge in [0.05, 0.1) is 0 Å². The van der Waals surface area contributed by atoms with Crippen molar-refractivity contribution in [2.45, 2.75) is 13.5 Å². The quantitative estimate of drug-likeness (QED) is 0.349. The Bertz CT molecular complexity index is 440. The van der Waals surface area contributed by atoms with Crippen molar-refractivity contribution < 1.29 is 20.1 Å². The van der Waals surface area contributed by atoms with E-state index in [-0.39, 0.29) is 24.0 Å². The fourth-order valence-corrected chi connectivity index (χ4v) is 1.08. The van der Waals surface area contributed by atoms with Gasteiger partial charge in [-0.15, -0.1) is 0 Å². The van der Waals surface area contributed by atoms with Gasteiger partial charge in [0.25, 0.3) is 0 Å². The van der Waals surface area contributed by atoms with Gasteiger partial charge in [-0.05, 0) is 13.0 Å². The Morgan fingerprint density at radius 2 is 1.81 bits per heavy atom. The first-order valence-corrected chi connectivity index (χ1v) is 4.59. The highest BCUT2D eigenvalue weighted by molar-refractivity contribution is 5.92. The molecular weight excluding hydrogens is 210 g/mol. The Hall–Kier alpha value is -2.17. The number of hydrogen-bond donors (Lipinski definition) is 4. The predicted molar refractivity (Wildman–Crippen MR) is 58.1 cm³/mol. The van der Waals surface area contributed by atoms with E-state index in [0.717, 1.165) is 6.07 Å².